The maximum absolute atomic E-state index is 14.1. The maximum atomic E-state index is 14.1. The lowest BCUT2D eigenvalue weighted by atomic mass is 10.1. The van der Waals surface area contributed by atoms with Crippen LogP contribution in [0.15, 0.2) is 18.2 Å². The lowest BCUT2D eigenvalue weighted by molar-refractivity contribution is 0.101. The highest BCUT2D eigenvalue weighted by Gasteiger charge is 2.15. The molecule has 0 bridgehead atoms. The Kier molecular flexibility index (Phi) is 3.51. The van der Waals surface area contributed by atoms with Crippen molar-refractivity contribution in [3.05, 3.63) is 46.5 Å². The lowest BCUT2D eigenvalue weighted by Crippen LogP contribution is -2.04. The number of halogens is 1. The summed E-state index contributed by atoms with van der Waals surface area (Å²) in [6.45, 7) is 7.32. The quantitative estimate of drug-likeness (QED) is 0.793. The molecule has 2 rings (SSSR count). The number of rotatable bonds is 3. The molecule has 0 aliphatic rings. The molecule has 0 saturated carbocycles. The van der Waals surface area contributed by atoms with E-state index in [0.29, 0.717) is 11.3 Å². The van der Waals surface area contributed by atoms with Gasteiger partial charge in [-0.25, -0.2) is 9.07 Å². The molecule has 1 aromatic heterocycles. The maximum Gasteiger partial charge on any atom is 0.159 e. The number of hydrogen-bond acceptors (Lipinski definition) is 2. The Bertz CT molecular complexity index is 644. The molecule has 3 nitrogen and oxygen atoms in total. The number of benzene rings is 1. The first kappa shape index (κ1) is 13.5. The van der Waals surface area contributed by atoms with Gasteiger partial charge in [0, 0.05) is 11.3 Å². The molecular formula is C15H17FN2O. The van der Waals surface area contributed by atoms with Crippen molar-refractivity contribution in [1.29, 1.82) is 0 Å². The Morgan fingerprint density at radius 1 is 1.37 bits per heavy atom. The molecule has 0 radical (unpaired) electrons. The molecule has 100 valence electrons. The van der Waals surface area contributed by atoms with E-state index in [0.717, 1.165) is 23.4 Å². The van der Waals surface area contributed by atoms with Crippen LogP contribution in [0.1, 0.15) is 41.2 Å². The predicted octanol–water partition coefficient (Wildman–Crippen LogP) is 3.39. The van der Waals surface area contributed by atoms with Crippen molar-refractivity contribution in [1.82, 2.24) is 9.78 Å². The number of aryl methyl sites for hydroxylation is 1. The molecule has 0 spiro atoms. The number of carbonyl (C=O) groups is 1. The van der Waals surface area contributed by atoms with Gasteiger partial charge in [-0.05, 0) is 51.0 Å². The van der Waals surface area contributed by atoms with Gasteiger partial charge in [0.2, 0.25) is 0 Å². The minimum atomic E-state index is -0.430. The van der Waals surface area contributed by atoms with Crippen LogP contribution in [0.2, 0.25) is 0 Å². The van der Waals surface area contributed by atoms with E-state index in [9.17, 15) is 9.18 Å². The minimum absolute atomic E-state index is 0.145. The van der Waals surface area contributed by atoms with Gasteiger partial charge in [0.05, 0.1) is 5.69 Å². The third kappa shape index (κ3) is 2.30. The van der Waals surface area contributed by atoms with Crippen molar-refractivity contribution in [2.75, 3.05) is 0 Å². The second kappa shape index (κ2) is 4.96. The number of hydrogen-bond donors (Lipinski definition) is 0. The molecule has 0 unspecified atom stereocenters. The Labute approximate surface area is 112 Å². The number of nitrogens with zero attached hydrogens (tertiary/aromatic N) is 2. The van der Waals surface area contributed by atoms with Crippen LogP contribution in [0.4, 0.5) is 4.39 Å². The van der Waals surface area contributed by atoms with Crippen molar-refractivity contribution in [3.63, 3.8) is 0 Å². The standard InChI is InChI=1S/C15H17FN2O/c1-5-13-9(2)17-18(10(13)3)15-7-6-12(11(4)19)8-14(15)16/h6-8H,5H2,1-4H3. The van der Waals surface area contributed by atoms with Gasteiger partial charge in [0.25, 0.3) is 0 Å². The van der Waals surface area contributed by atoms with Crippen LogP contribution in [-0.4, -0.2) is 15.6 Å². The topological polar surface area (TPSA) is 34.9 Å². The first-order valence-electron chi connectivity index (χ1n) is 6.31. The molecule has 0 saturated heterocycles. The van der Waals surface area contributed by atoms with Crippen molar-refractivity contribution >= 4 is 5.78 Å². The molecule has 0 fully saturated rings. The fourth-order valence-electron chi connectivity index (χ4n) is 2.32. The Balaban J connectivity index is 2.57. The van der Waals surface area contributed by atoms with Crippen LogP contribution in [0.25, 0.3) is 5.69 Å². The van der Waals surface area contributed by atoms with Crippen LogP contribution in [0, 0.1) is 19.7 Å². The van der Waals surface area contributed by atoms with Gasteiger partial charge in [-0.1, -0.05) is 6.92 Å². The van der Waals surface area contributed by atoms with Gasteiger partial charge in [0.1, 0.15) is 11.5 Å². The Morgan fingerprint density at radius 3 is 2.53 bits per heavy atom. The summed E-state index contributed by atoms with van der Waals surface area (Å²) >= 11 is 0. The van der Waals surface area contributed by atoms with Crippen molar-refractivity contribution in [3.8, 4) is 5.69 Å². The van der Waals surface area contributed by atoms with Crippen LogP contribution < -0.4 is 0 Å². The fourth-order valence-corrected chi connectivity index (χ4v) is 2.32. The van der Waals surface area contributed by atoms with Crippen LogP contribution in [-0.2, 0) is 6.42 Å². The van der Waals surface area contributed by atoms with Crippen LogP contribution >= 0.6 is 0 Å². The molecule has 0 aliphatic heterocycles. The summed E-state index contributed by atoms with van der Waals surface area (Å²) in [5, 5.41) is 4.38. The number of Topliss-reactive ketones (excluding diaryl/α,β-unsaturated/α-hetero) is 1. The summed E-state index contributed by atoms with van der Waals surface area (Å²) in [4.78, 5) is 11.2. The largest absolute Gasteiger partial charge is 0.295 e. The summed E-state index contributed by atoms with van der Waals surface area (Å²) in [6, 6.07) is 4.49. The van der Waals surface area contributed by atoms with E-state index in [-0.39, 0.29) is 5.78 Å². The van der Waals surface area contributed by atoms with E-state index in [1.807, 2.05) is 13.8 Å². The smallest absolute Gasteiger partial charge is 0.159 e. The van der Waals surface area contributed by atoms with Gasteiger partial charge in [-0.2, -0.15) is 5.10 Å². The van der Waals surface area contributed by atoms with Crippen LogP contribution in [0.3, 0.4) is 0 Å². The highest BCUT2D eigenvalue weighted by atomic mass is 19.1. The zero-order chi connectivity index (χ0) is 14.2. The zero-order valence-electron chi connectivity index (χ0n) is 11.6. The molecule has 2 aromatic rings. The van der Waals surface area contributed by atoms with E-state index in [1.54, 1.807) is 16.8 Å². The highest BCUT2D eigenvalue weighted by molar-refractivity contribution is 5.94. The molecule has 1 aromatic carbocycles. The Morgan fingerprint density at radius 2 is 2.05 bits per heavy atom. The zero-order valence-corrected chi connectivity index (χ0v) is 11.6. The summed E-state index contributed by atoms with van der Waals surface area (Å²) in [5.74, 6) is -0.575. The molecule has 0 atom stereocenters. The molecule has 0 amide bonds. The van der Waals surface area contributed by atoms with E-state index in [4.69, 9.17) is 0 Å². The summed E-state index contributed by atoms with van der Waals surface area (Å²) in [5.41, 5.74) is 3.74. The van der Waals surface area contributed by atoms with E-state index < -0.39 is 5.82 Å². The molecular weight excluding hydrogens is 243 g/mol. The molecule has 4 heteroatoms. The van der Waals surface area contributed by atoms with Gasteiger partial charge in [0.15, 0.2) is 5.78 Å². The Hall–Kier alpha value is -1.97. The first-order valence-corrected chi connectivity index (χ1v) is 6.31. The molecule has 1 heterocycles. The molecule has 0 N–H and O–H groups in total. The second-order valence-electron chi connectivity index (χ2n) is 4.64. The average Bonchev–Trinajstić information content (AvgIpc) is 2.64. The first-order chi connectivity index (χ1) is 8.95. The van der Waals surface area contributed by atoms with Crippen molar-refractivity contribution < 1.29 is 9.18 Å². The van der Waals surface area contributed by atoms with Gasteiger partial charge in [-0.3, -0.25) is 4.79 Å². The van der Waals surface area contributed by atoms with Crippen molar-refractivity contribution in [2.45, 2.75) is 34.1 Å². The van der Waals surface area contributed by atoms with E-state index in [1.165, 1.54) is 13.0 Å². The minimum Gasteiger partial charge on any atom is -0.295 e. The summed E-state index contributed by atoms with van der Waals surface area (Å²) in [7, 11) is 0. The van der Waals surface area contributed by atoms with E-state index >= 15 is 0 Å². The number of ketones is 1. The summed E-state index contributed by atoms with van der Waals surface area (Å²) in [6.07, 6.45) is 0.866. The van der Waals surface area contributed by atoms with Gasteiger partial charge in [-0.15, -0.1) is 0 Å². The fraction of sp³-hybridized carbons (Fsp3) is 0.333. The third-order valence-electron chi connectivity index (χ3n) is 3.38. The average molecular weight is 260 g/mol. The molecule has 0 aliphatic carbocycles. The second-order valence-corrected chi connectivity index (χ2v) is 4.64. The lowest BCUT2D eigenvalue weighted by Gasteiger charge is -2.07. The monoisotopic (exact) mass is 260 g/mol. The predicted molar refractivity (Wildman–Crippen MR) is 72.4 cm³/mol. The highest BCUT2D eigenvalue weighted by Crippen LogP contribution is 2.21. The van der Waals surface area contributed by atoms with Crippen molar-refractivity contribution in [2.24, 2.45) is 0 Å². The molecule has 19 heavy (non-hydrogen) atoms. The number of carbonyl (C=O) groups excluding carboxylic acids is 1. The summed E-state index contributed by atoms with van der Waals surface area (Å²) < 4.78 is 15.7. The van der Waals surface area contributed by atoms with E-state index in [2.05, 4.69) is 12.0 Å². The van der Waals surface area contributed by atoms with Crippen LogP contribution in [0.5, 0.6) is 0 Å². The van der Waals surface area contributed by atoms with Gasteiger partial charge < -0.3 is 0 Å². The number of aromatic nitrogens is 2. The third-order valence-corrected chi connectivity index (χ3v) is 3.38. The normalized spacial score (nSPS) is 10.8. The SMILES string of the molecule is CCc1c(C)nn(-c2ccc(C(C)=O)cc2F)c1C. The van der Waals surface area contributed by atoms with Gasteiger partial charge >= 0.3 is 0 Å².